The first-order valence-electron chi connectivity index (χ1n) is 6.19. The van der Waals surface area contributed by atoms with Crippen LogP contribution >= 0.6 is 20.2 Å². The molecule has 0 unspecified atom stereocenters. The fourth-order valence-electron chi connectivity index (χ4n) is 1.80. The molecule has 0 atom stereocenters. The van der Waals surface area contributed by atoms with E-state index in [1.165, 1.54) is 0 Å². The first-order chi connectivity index (χ1) is 10.5. The Labute approximate surface area is 145 Å². The van der Waals surface area contributed by atoms with Crippen molar-refractivity contribution in [2.24, 2.45) is 5.22 Å². The summed E-state index contributed by atoms with van der Waals surface area (Å²) in [5.41, 5.74) is 0.680. The zero-order chi connectivity index (χ0) is 19.0. The molecule has 1 aromatic rings. The van der Waals surface area contributed by atoms with Gasteiger partial charge in [0, 0.05) is 6.20 Å². The molecule has 0 aliphatic carbocycles. The average molecular weight is 417 g/mol. The van der Waals surface area contributed by atoms with Crippen LogP contribution in [0, 0.1) is 5.21 Å². The van der Waals surface area contributed by atoms with Crippen molar-refractivity contribution in [2.45, 2.75) is 0 Å². The van der Waals surface area contributed by atoms with Crippen LogP contribution in [0.4, 0.5) is 36.7 Å². The molecule has 0 N–H and O–H groups in total. The van der Waals surface area contributed by atoms with Crippen molar-refractivity contribution in [3.63, 3.8) is 0 Å². The fourth-order valence-corrected chi connectivity index (χ4v) is 1.80. The third kappa shape index (κ3) is 8.16. The maximum absolute atomic E-state index is 11.6. The molecule has 2 heterocycles. The molecule has 0 fully saturated rings. The van der Waals surface area contributed by atoms with E-state index in [1.807, 2.05) is 44.1 Å². The van der Waals surface area contributed by atoms with Crippen LogP contribution in [0.15, 0.2) is 23.6 Å². The Kier molecular flexibility index (Phi) is 5.96. The summed E-state index contributed by atoms with van der Waals surface area (Å²) in [5, 5.41) is 15.5. The third-order valence-corrected chi connectivity index (χ3v) is 2.34. The second-order valence-electron chi connectivity index (χ2n) is 5.07. The van der Waals surface area contributed by atoms with Crippen LogP contribution < -0.4 is 0 Å². The Bertz CT molecular complexity index is 684. The molecule has 1 aliphatic rings. The zero-order valence-corrected chi connectivity index (χ0v) is 15.2. The Morgan fingerprint density at radius 2 is 1.48 bits per heavy atom. The normalized spacial score (nSPS) is 15.4. The number of aromatic nitrogens is 1. The maximum atomic E-state index is 11.6. The Balaban J connectivity index is 0.000000620. The van der Waals surface area contributed by atoms with Crippen LogP contribution in [0.1, 0.15) is 0 Å². The number of guanidine groups is 1. The molecule has 15 heteroatoms. The van der Waals surface area contributed by atoms with Gasteiger partial charge in [0.05, 0.1) is 28.2 Å². The SMILES string of the molecule is CN(C)C(N(C)C)=[N+]1N=[N+]([O-])c2ncccc21.Cl.F[P-](F)(F)(F)(F)F. The van der Waals surface area contributed by atoms with Crippen LogP contribution in [-0.2, 0) is 0 Å². The van der Waals surface area contributed by atoms with Crippen LogP contribution in [0.5, 0.6) is 0 Å². The topological polar surface area (TPSA) is 60.8 Å². The van der Waals surface area contributed by atoms with Gasteiger partial charge in [-0.15, -0.1) is 17.3 Å². The zero-order valence-electron chi connectivity index (χ0n) is 13.4. The molecule has 146 valence electrons. The van der Waals surface area contributed by atoms with Crippen molar-refractivity contribution < 1.29 is 34.7 Å². The molecule has 0 aromatic carbocycles. The summed E-state index contributed by atoms with van der Waals surface area (Å²) in [6, 6.07) is 3.60. The molecule has 1 aliphatic heterocycles. The van der Waals surface area contributed by atoms with Gasteiger partial charge in [0.25, 0.3) is 5.82 Å². The first kappa shape index (κ1) is 23.1. The van der Waals surface area contributed by atoms with Gasteiger partial charge >= 0.3 is 38.9 Å². The van der Waals surface area contributed by atoms with Gasteiger partial charge in [-0.2, -0.15) is 0 Å². The Morgan fingerprint density at radius 1 is 1.04 bits per heavy atom. The molecular formula is C10H16ClF6N6OP. The quantitative estimate of drug-likeness (QED) is 0.205. The Morgan fingerprint density at radius 3 is 1.88 bits per heavy atom. The second-order valence-corrected chi connectivity index (χ2v) is 6.98. The number of hydrogen-bond acceptors (Lipinski definition) is 3. The summed E-state index contributed by atoms with van der Waals surface area (Å²) in [5.74, 6) is 1.10. The third-order valence-electron chi connectivity index (χ3n) is 2.34. The molecule has 1 aromatic heterocycles. The summed E-state index contributed by atoms with van der Waals surface area (Å²) in [6.45, 7) is 0. The average Bonchev–Trinajstić information content (AvgIpc) is 2.63. The molecule has 0 bridgehead atoms. The molecule has 0 saturated carbocycles. The van der Waals surface area contributed by atoms with E-state index in [-0.39, 0.29) is 12.4 Å². The van der Waals surface area contributed by atoms with E-state index in [9.17, 15) is 30.4 Å². The van der Waals surface area contributed by atoms with Crippen molar-refractivity contribution in [1.29, 1.82) is 0 Å². The number of rotatable bonds is 0. The van der Waals surface area contributed by atoms with Gasteiger partial charge in [0.1, 0.15) is 5.22 Å². The number of nitrogens with zero attached hydrogens (tertiary/aromatic N) is 6. The van der Waals surface area contributed by atoms with Crippen molar-refractivity contribution in [3.8, 4) is 0 Å². The van der Waals surface area contributed by atoms with Crippen LogP contribution in [0.3, 0.4) is 0 Å². The molecule has 0 spiro atoms. The summed E-state index contributed by atoms with van der Waals surface area (Å²) >= 11 is 0. The summed E-state index contributed by atoms with van der Waals surface area (Å²) < 4.78 is 60.8. The van der Waals surface area contributed by atoms with Gasteiger partial charge in [-0.05, 0) is 16.8 Å². The molecular weight excluding hydrogens is 401 g/mol. The van der Waals surface area contributed by atoms with Crippen molar-refractivity contribution in [2.75, 3.05) is 28.2 Å². The standard InChI is InChI=1S/C10H15N6O.ClH.F6P/c1-13(2)10(14(3)4)15-8-6-5-7-11-9(8)16(17)12-15;;1-7(2,3,4,5)6/h5-7H,1-4H3;1H;/q+1;;-1. The van der Waals surface area contributed by atoms with Crippen molar-refractivity contribution in [3.05, 3.63) is 23.5 Å². The van der Waals surface area contributed by atoms with E-state index in [0.717, 1.165) is 5.96 Å². The van der Waals surface area contributed by atoms with Gasteiger partial charge in [-0.3, -0.25) is 0 Å². The van der Waals surface area contributed by atoms with Crippen LogP contribution in [0.2, 0.25) is 0 Å². The first-order valence-corrected chi connectivity index (χ1v) is 8.22. The molecule has 0 radical (unpaired) electrons. The van der Waals surface area contributed by atoms with E-state index >= 15 is 0 Å². The second kappa shape index (κ2) is 6.45. The number of fused-ring (bicyclic) bond motifs is 1. The molecule has 0 saturated heterocycles. The fraction of sp³-hybridized carbons (Fsp3) is 0.400. The molecule has 25 heavy (non-hydrogen) atoms. The van der Waals surface area contributed by atoms with Crippen LogP contribution in [0.25, 0.3) is 0 Å². The predicted octanol–water partition coefficient (Wildman–Crippen LogP) is 4.53. The number of halogens is 7. The Hall–Kier alpha value is -1.88. The summed E-state index contributed by atoms with van der Waals surface area (Å²) in [4.78, 5) is 8.33. The van der Waals surface area contributed by atoms with Crippen molar-refractivity contribution in [1.82, 2.24) is 14.8 Å². The van der Waals surface area contributed by atoms with E-state index in [2.05, 4.69) is 10.2 Å². The van der Waals surface area contributed by atoms with E-state index in [0.29, 0.717) is 16.4 Å². The van der Waals surface area contributed by atoms with E-state index in [1.54, 1.807) is 16.9 Å². The number of pyridine rings is 1. The molecule has 0 amide bonds. The van der Waals surface area contributed by atoms with Gasteiger partial charge in [0.2, 0.25) is 5.69 Å². The summed E-state index contributed by atoms with van der Waals surface area (Å²) in [6.07, 6.45) is 1.58. The molecule has 7 nitrogen and oxygen atoms in total. The van der Waals surface area contributed by atoms with Crippen molar-refractivity contribution >= 4 is 37.7 Å². The van der Waals surface area contributed by atoms with E-state index < -0.39 is 7.81 Å². The van der Waals surface area contributed by atoms with Gasteiger partial charge in [-0.1, -0.05) is 0 Å². The minimum atomic E-state index is -10.7. The minimum absolute atomic E-state index is 0. The monoisotopic (exact) mass is 416 g/mol. The van der Waals surface area contributed by atoms with Gasteiger partial charge in [-0.25, -0.2) is 14.8 Å². The van der Waals surface area contributed by atoms with Crippen LogP contribution in [-0.4, -0.2) is 58.5 Å². The van der Waals surface area contributed by atoms with Gasteiger partial charge < -0.3 is 5.21 Å². The van der Waals surface area contributed by atoms with Gasteiger partial charge in [0.15, 0.2) is 0 Å². The van der Waals surface area contributed by atoms with E-state index in [4.69, 9.17) is 0 Å². The predicted molar refractivity (Wildman–Crippen MR) is 83.1 cm³/mol. The molecule has 2 rings (SSSR count). The summed E-state index contributed by atoms with van der Waals surface area (Å²) in [7, 11) is -3.07. The number of hydrogen-bond donors (Lipinski definition) is 0.